The summed E-state index contributed by atoms with van der Waals surface area (Å²) in [5, 5.41) is 9.66. The molecule has 3 heterocycles. The number of hydrogen-bond donors (Lipinski definition) is 0. The molecule has 0 aromatic carbocycles. The molecule has 170 valence electrons. The van der Waals surface area contributed by atoms with Crippen LogP contribution < -0.4 is 10.5 Å². The van der Waals surface area contributed by atoms with Crippen LogP contribution in [0.1, 0.15) is 74.5 Å². The Kier molecular flexibility index (Phi) is 7.06. The average molecular weight is 471 g/mol. The molecule has 1 aliphatic carbocycles. The summed E-state index contributed by atoms with van der Waals surface area (Å²) in [5.74, 6) is 0.761. The SMILES string of the molecule is Cc1c(/C=C2\SC(=S)N(C3CCCCC3)C2=O)c(N2CCCCCC2)n(C)c(=O)c1C#N. The van der Waals surface area contributed by atoms with Gasteiger partial charge in [-0.3, -0.25) is 19.1 Å². The zero-order valence-electron chi connectivity index (χ0n) is 18.9. The average Bonchev–Trinajstić information content (AvgIpc) is 2.95. The van der Waals surface area contributed by atoms with Crippen molar-refractivity contribution in [3.05, 3.63) is 31.9 Å². The Morgan fingerprint density at radius 1 is 1.06 bits per heavy atom. The van der Waals surface area contributed by atoms with Crippen molar-refractivity contribution in [1.29, 1.82) is 5.26 Å². The van der Waals surface area contributed by atoms with Crippen LogP contribution in [0.25, 0.3) is 6.08 Å². The molecule has 0 spiro atoms. The van der Waals surface area contributed by atoms with Crippen LogP contribution in [0.5, 0.6) is 0 Å². The van der Waals surface area contributed by atoms with Gasteiger partial charge in [-0.2, -0.15) is 5.26 Å². The van der Waals surface area contributed by atoms with Crippen LogP contribution in [0.15, 0.2) is 9.70 Å². The van der Waals surface area contributed by atoms with Gasteiger partial charge in [0.15, 0.2) is 0 Å². The molecular formula is C24H30N4O2S2. The Labute approximate surface area is 199 Å². The van der Waals surface area contributed by atoms with Crippen molar-refractivity contribution in [1.82, 2.24) is 9.47 Å². The van der Waals surface area contributed by atoms with Crippen molar-refractivity contribution in [2.45, 2.75) is 70.8 Å². The topological polar surface area (TPSA) is 69.3 Å². The number of aromatic nitrogens is 1. The fourth-order valence-corrected chi connectivity index (χ4v) is 6.52. The summed E-state index contributed by atoms with van der Waals surface area (Å²) in [6, 6.07) is 2.27. The second-order valence-electron chi connectivity index (χ2n) is 8.96. The van der Waals surface area contributed by atoms with Crippen LogP contribution in [0.3, 0.4) is 0 Å². The highest BCUT2D eigenvalue weighted by Crippen LogP contribution is 2.39. The molecule has 1 amide bonds. The molecular weight excluding hydrogens is 440 g/mol. The van der Waals surface area contributed by atoms with Gasteiger partial charge >= 0.3 is 0 Å². The Bertz CT molecular complexity index is 1060. The van der Waals surface area contributed by atoms with E-state index >= 15 is 0 Å². The van der Waals surface area contributed by atoms with Gasteiger partial charge in [-0.1, -0.05) is 56.1 Å². The molecule has 2 aliphatic heterocycles. The van der Waals surface area contributed by atoms with Crippen molar-refractivity contribution >= 4 is 46.1 Å². The van der Waals surface area contributed by atoms with Crippen LogP contribution in [-0.2, 0) is 11.8 Å². The standard InChI is InChI=1S/C24H30N4O2S2/c1-16-18(14-20-23(30)28(24(31)32-20)17-10-6-5-7-11-17)21(26(2)22(29)19(16)15-25)27-12-8-3-4-9-13-27/h14,17H,3-13H2,1-2H3/b20-14-. The molecule has 3 aliphatic rings. The number of hydrogen-bond acceptors (Lipinski definition) is 6. The monoisotopic (exact) mass is 470 g/mol. The number of carbonyl (C=O) groups excluding carboxylic acids is 1. The van der Waals surface area contributed by atoms with Crippen molar-refractivity contribution in [2.24, 2.45) is 7.05 Å². The number of pyridine rings is 1. The zero-order chi connectivity index (χ0) is 22.8. The first-order chi connectivity index (χ1) is 15.4. The molecule has 1 aromatic heterocycles. The maximum absolute atomic E-state index is 13.4. The van der Waals surface area contributed by atoms with E-state index in [1.165, 1.54) is 31.0 Å². The first-order valence-corrected chi connectivity index (χ1v) is 12.8. The summed E-state index contributed by atoms with van der Waals surface area (Å²) in [7, 11) is 1.73. The molecule has 0 atom stereocenters. The molecule has 0 bridgehead atoms. The Balaban J connectivity index is 1.80. The van der Waals surface area contributed by atoms with Crippen LogP contribution in [0.4, 0.5) is 5.82 Å². The molecule has 0 unspecified atom stereocenters. The highest BCUT2D eigenvalue weighted by Gasteiger charge is 2.38. The molecule has 2 saturated heterocycles. The Morgan fingerprint density at radius 2 is 1.69 bits per heavy atom. The smallest absolute Gasteiger partial charge is 0.270 e. The lowest BCUT2D eigenvalue weighted by Crippen LogP contribution is -2.39. The molecule has 0 N–H and O–H groups in total. The number of nitrogens with zero attached hydrogens (tertiary/aromatic N) is 4. The predicted octanol–water partition coefficient (Wildman–Crippen LogP) is 4.48. The Morgan fingerprint density at radius 3 is 2.31 bits per heavy atom. The number of anilines is 1. The van der Waals surface area contributed by atoms with Gasteiger partial charge in [0.25, 0.3) is 11.5 Å². The minimum absolute atomic E-state index is 0.0412. The third-order valence-electron chi connectivity index (χ3n) is 6.91. The van der Waals surface area contributed by atoms with Gasteiger partial charge in [0, 0.05) is 31.7 Å². The van der Waals surface area contributed by atoms with Gasteiger partial charge in [0.05, 0.1) is 4.91 Å². The second kappa shape index (κ2) is 9.80. The normalized spacial score (nSPS) is 21.8. The minimum atomic E-state index is -0.281. The molecule has 1 aromatic rings. The summed E-state index contributed by atoms with van der Waals surface area (Å²) in [6.07, 6.45) is 11.8. The number of amides is 1. The van der Waals surface area contributed by atoms with E-state index in [0.717, 1.165) is 63.0 Å². The zero-order valence-corrected chi connectivity index (χ0v) is 20.5. The maximum Gasteiger partial charge on any atom is 0.270 e. The third kappa shape index (κ3) is 4.25. The van der Waals surface area contributed by atoms with Crippen LogP contribution in [-0.4, -0.2) is 38.8 Å². The fraction of sp³-hybridized carbons (Fsp3) is 0.583. The van der Waals surface area contributed by atoms with Crippen LogP contribution in [0, 0.1) is 18.3 Å². The van der Waals surface area contributed by atoms with Gasteiger partial charge in [-0.05, 0) is 44.2 Å². The summed E-state index contributed by atoms with van der Waals surface area (Å²) < 4.78 is 2.21. The van der Waals surface area contributed by atoms with E-state index in [0.29, 0.717) is 14.8 Å². The number of nitriles is 1. The quantitative estimate of drug-likeness (QED) is 0.479. The van der Waals surface area contributed by atoms with E-state index in [1.807, 2.05) is 13.0 Å². The predicted molar refractivity (Wildman–Crippen MR) is 134 cm³/mol. The van der Waals surface area contributed by atoms with E-state index in [9.17, 15) is 14.9 Å². The van der Waals surface area contributed by atoms with E-state index in [2.05, 4.69) is 11.0 Å². The molecule has 3 fully saturated rings. The fourth-order valence-electron chi connectivity index (χ4n) is 5.14. The van der Waals surface area contributed by atoms with Crippen LogP contribution >= 0.6 is 24.0 Å². The van der Waals surface area contributed by atoms with Gasteiger partial charge in [0.2, 0.25) is 0 Å². The van der Waals surface area contributed by atoms with Crippen LogP contribution in [0.2, 0.25) is 0 Å². The van der Waals surface area contributed by atoms with Gasteiger partial charge in [-0.15, -0.1) is 0 Å². The molecule has 0 radical (unpaired) electrons. The molecule has 6 nitrogen and oxygen atoms in total. The maximum atomic E-state index is 13.4. The molecule has 32 heavy (non-hydrogen) atoms. The minimum Gasteiger partial charge on any atom is -0.357 e. The van der Waals surface area contributed by atoms with E-state index < -0.39 is 0 Å². The summed E-state index contributed by atoms with van der Waals surface area (Å²) in [4.78, 5) is 30.9. The number of rotatable bonds is 3. The summed E-state index contributed by atoms with van der Waals surface area (Å²) >= 11 is 6.95. The lowest BCUT2D eigenvalue weighted by Gasteiger charge is -2.30. The van der Waals surface area contributed by atoms with E-state index in [1.54, 1.807) is 16.5 Å². The first-order valence-electron chi connectivity index (χ1n) is 11.6. The highest BCUT2D eigenvalue weighted by molar-refractivity contribution is 8.26. The lowest BCUT2D eigenvalue weighted by molar-refractivity contribution is -0.124. The van der Waals surface area contributed by atoms with Crippen molar-refractivity contribution in [2.75, 3.05) is 18.0 Å². The van der Waals surface area contributed by atoms with Crippen molar-refractivity contribution in [3.63, 3.8) is 0 Å². The Hall–Kier alpha value is -2.11. The third-order valence-corrected chi connectivity index (χ3v) is 8.24. The lowest BCUT2D eigenvalue weighted by atomic mass is 9.94. The number of thiocarbonyl (C=S) groups is 1. The second-order valence-corrected chi connectivity index (χ2v) is 10.6. The van der Waals surface area contributed by atoms with Gasteiger partial charge < -0.3 is 4.90 Å². The highest BCUT2D eigenvalue weighted by atomic mass is 32.2. The van der Waals surface area contributed by atoms with E-state index in [4.69, 9.17) is 12.2 Å². The number of carbonyl (C=O) groups is 1. The summed E-state index contributed by atoms with van der Waals surface area (Å²) in [6.45, 7) is 3.54. The van der Waals surface area contributed by atoms with Crippen molar-refractivity contribution in [3.8, 4) is 6.07 Å². The molecule has 4 rings (SSSR count). The molecule has 1 saturated carbocycles. The van der Waals surface area contributed by atoms with Crippen molar-refractivity contribution < 1.29 is 4.79 Å². The van der Waals surface area contributed by atoms with E-state index in [-0.39, 0.29) is 23.1 Å². The number of thioether (sulfide) groups is 1. The first kappa shape index (κ1) is 23.1. The summed E-state index contributed by atoms with van der Waals surface area (Å²) in [5.41, 5.74) is 1.28. The van der Waals surface area contributed by atoms with Gasteiger partial charge in [0.1, 0.15) is 21.8 Å². The largest absolute Gasteiger partial charge is 0.357 e. The van der Waals surface area contributed by atoms with Gasteiger partial charge in [-0.25, -0.2) is 0 Å². The molecule has 8 heteroatoms.